The first-order valence-corrected chi connectivity index (χ1v) is 9.11. The number of ether oxygens (including phenoxy) is 2. The van der Waals surface area contributed by atoms with E-state index in [0.29, 0.717) is 12.0 Å². The molecule has 0 saturated heterocycles. The molecule has 2 amide bonds. The van der Waals surface area contributed by atoms with Crippen molar-refractivity contribution in [1.82, 2.24) is 15.2 Å². The molecule has 0 saturated carbocycles. The maximum Gasteiger partial charge on any atom is 0.410 e. The topological polar surface area (TPSA) is 97.8 Å². The van der Waals surface area contributed by atoms with Crippen molar-refractivity contribution in [2.75, 3.05) is 19.7 Å². The van der Waals surface area contributed by atoms with Crippen LogP contribution in [-0.4, -0.2) is 53.7 Å². The lowest BCUT2D eigenvalue weighted by Crippen LogP contribution is -2.43. The number of aromatic nitrogens is 1. The molecular weight excluding hydrogens is 370 g/mol. The van der Waals surface area contributed by atoms with E-state index in [1.165, 1.54) is 17.1 Å². The van der Waals surface area contributed by atoms with Crippen molar-refractivity contribution in [3.8, 4) is 0 Å². The monoisotopic (exact) mass is 395 g/mol. The quantitative estimate of drug-likeness (QED) is 0.509. The standard InChI is InChI=1S/C18H25N3O5S/c1-6-8-21(17(24)25-9-7-2)10-13(14-12-27-15(11-22)19-14)20-16(23)26-18(3,4)5/h6-7,11-13H,1-2,8-10H2,3-5H3,(H,20,23). The molecule has 148 valence electrons. The van der Waals surface area contributed by atoms with Crippen LogP contribution in [0.1, 0.15) is 42.3 Å². The Hall–Kier alpha value is -2.68. The van der Waals surface area contributed by atoms with Gasteiger partial charge in [-0.3, -0.25) is 4.79 Å². The van der Waals surface area contributed by atoms with Crippen LogP contribution in [-0.2, 0) is 9.47 Å². The Morgan fingerprint density at radius 1 is 1.37 bits per heavy atom. The fraction of sp³-hybridized carbons (Fsp3) is 0.444. The zero-order valence-electron chi connectivity index (χ0n) is 15.8. The number of nitrogens with one attached hydrogen (secondary N) is 1. The van der Waals surface area contributed by atoms with E-state index >= 15 is 0 Å². The average Bonchev–Trinajstić information content (AvgIpc) is 3.06. The summed E-state index contributed by atoms with van der Waals surface area (Å²) in [5.41, 5.74) is -0.243. The van der Waals surface area contributed by atoms with Gasteiger partial charge in [0.2, 0.25) is 0 Å². The van der Waals surface area contributed by atoms with Gasteiger partial charge >= 0.3 is 12.2 Å². The van der Waals surface area contributed by atoms with E-state index in [1.54, 1.807) is 26.2 Å². The van der Waals surface area contributed by atoms with Crippen LogP contribution in [0.5, 0.6) is 0 Å². The molecule has 9 heteroatoms. The van der Waals surface area contributed by atoms with Crippen molar-refractivity contribution >= 4 is 29.8 Å². The van der Waals surface area contributed by atoms with Gasteiger partial charge in [0.15, 0.2) is 11.3 Å². The molecule has 1 heterocycles. The van der Waals surface area contributed by atoms with Crippen molar-refractivity contribution < 1.29 is 23.9 Å². The summed E-state index contributed by atoms with van der Waals surface area (Å²) in [7, 11) is 0. The van der Waals surface area contributed by atoms with Crippen LogP contribution < -0.4 is 5.32 Å². The van der Waals surface area contributed by atoms with E-state index in [1.807, 2.05) is 0 Å². The van der Waals surface area contributed by atoms with Crippen LogP contribution >= 0.6 is 11.3 Å². The van der Waals surface area contributed by atoms with Gasteiger partial charge in [-0.05, 0) is 20.8 Å². The minimum Gasteiger partial charge on any atom is -0.445 e. The third-order valence-corrected chi connectivity index (χ3v) is 3.81. The number of thiazole rings is 1. The summed E-state index contributed by atoms with van der Waals surface area (Å²) in [4.78, 5) is 40.9. The number of rotatable bonds is 9. The molecule has 1 N–H and O–H groups in total. The largest absolute Gasteiger partial charge is 0.445 e. The molecule has 1 unspecified atom stereocenters. The number of carbonyl (C=O) groups excluding carboxylic acids is 3. The Bertz CT molecular complexity index is 681. The first-order chi connectivity index (χ1) is 12.7. The first-order valence-electron chi connectivity index (χ1n) is 8.23. The molecule has 0 aliphatic carbocycles. The molecule has 1 atom stereocenters. The molecule has 0 aliphatic heterocycles. The fourth-order valence-electron chi connectivity index (χ4n) is 2.00. The highest BCUT2D eigenvalue weighted by Gasteiger charge is 2.26. The minimum atomic E-state index is -0.693. The van der Waals surface area contributed by atoms with E-state index < -0.39 is 23.8 Å². The summed E-state index contributed by atoms with van der Waals surface area (Å²) in [6, 6.07) is -0.693. The Morgan fingerprint density at radius 2 is 2.07 bits per heavy atom. The number of alkyl carbamates (subject to hydrolysis) is 1. The number of amides is 2. The van der Waals surface area contributed by atoms with Gasteiger partial charge in [-0.25, -0.2) is 14.6 Å². The molecule has 0 radical (unpaired) electrons. The number of nitrogens with zero attached hydrogens (tertiary/aromatic N) is 2. The highest BCUT2D eigenvalue weighted by molar-refractivity contribution is 7.11. The third-order valence-electron chi connectivity index (χ3n) is 3.02. The zero-order chi connectivity index (χ0) is 20.4. The molecule has 0 aliphatic rings. The van der Waals surface area contributed by atoms with Gasteiger partial charge in [-0.15, -0.1) is 17.9 Å². The highest BCUT2D eigenvalue weighted by Crippen LogP contribution is 2.19. The average molecular weight is 395 g/mol. The van der Waals surface area contributed by atoms with Crippen molar-refractivity contribution in [2.45, 2.75) is 32.4 Å². The van der Waals surface area contributed by atoms with Crippen LogP contribution in [0.15, 0.2) is 30.7 Å². The second-order valence-electron chi connectivity index (χ2n) is 6.49. The van der Waals surface area contributed by atoms with Crippen LogP contribution in [0.25, 0.3) is 0 Å². The number of carbonyl (C=O) groups is 3. The Labute approximate surface area is 162 Å². The molecule has 27 heavy (non-hydrogen) atoms. The number of hydrogen-bond donors (Lipinski definition) is 1. The molecule has 0 fully saturated rings. The zero-order valence-corrected chi connectivity index (χ0v) is 16.6. The Balaban J connectivity index is 3.01. The second kappa shape index (κ2) is 10.5. The highest BCUT2D eigenvalue weighted by atomic mass is 32.1. The van der Waals surface area contributed by atoms with Crippen LogP contribution in [0.4, 0.5) is 9.59 Å². The molecular formula is C18H25N3O5S. The van der Waals surface area contributed by atoms with Gasteiger partial charge in [0.1, 0.15) is 12.2 Å². The smallest absolute Gasteiger partial charge is 0.410 e. The van der Waals surface area contributed by atoms with Gasteiger partial charge in [-0.2, -0.15) is 0 Å². The Kier molecular flexibility index (Phi) is 8.67. The van der Waals surface area contributed by atoms with Crippen molar-refractivity contribution in [3.05, 3.63) is 41.4 Å². The number of hydrogen-bond acceptors (Lipinski definition) is 7. The third kappa shape index (κ3) is 8.04. The van der Waals surface area contributed by atoms with Gasteiger partial charge < -0.3 is 19.7 Å². The predicted octanol–water partition coefficient (Wildman–Crippen LogP) is 3.33. The molecule has 1 aromatic heterocycles. The minimum absolute atomic E-state index is 0.0582. The fourth-order valence-corrected chi connectivity index (χ4v) is 2.67. The maximum absolute atomic E-state index is 12.2. The second-order valence-corrected chi connectivity index (χ2v) is 7.38. The summed E-state index contributed by atoms with van der Waals surface area (Å²) in [6.07, 6.45) is 2.37. The van der Waals surface area contributed by atoms with Crippen molar-refractivity contribution in [3.63, 3.8) is 0 Å². The van der Waals surface area contributed by atoms with Gasteiger partial charge in [-0.1, -0.05) is 18.7 Å². The lowest BCUT2D eigenvalue weighted by molar-refractivity contribution is 0.0484. The molecule has 1 rings (SSSR count). The Morgan fingerprint density at radius 3 is 2.59 bits per heavy atom. The SMILES string of the molecule is C=CCOC(=O)N(CC=C)CC(NC(=O)OC(C)(C)C)c1csc(C=O)n1. The van der Waals surface area contributed by atoms with Gasteiger partial charge in [0, 0.05) is 11.9 Å². The molecule has 8 nitrogen and oxygen atoms in total. The van der Waals surface area contributed by atoms with Crippen LogP contribution in [0.2, 0.25) is 0 Å². The molecule has 0 aromatic carbocycles. The lowest BCUT2D eigenvalue weighted by atomic mass is 10.2. The number of aldehydes is 1. The predicted molar refractivity (Wildman–Crippen MR) is 103 cm³/mol. The summed E-state index contributed by atoms with van der Waals surface area (Å²) in [5, 5.41) is 4.61. The summed E-state index contributed by atoms with van der Waals surface area (Å²) < 4.78 is 10.3. The molecule has 0 bridgehead atoms. The maximum atomic E-state index is 12.2. The normalized spacial score (nSPS) is 11.8. The van der Waals surface area contributed by atoms with Gasteiger partial charge in [0.05, 0.1) is 18.3 Å². The van der Waals surface area contributed by atoms with Crippen LogP contribution in [0, 0.1) is 0 Å². The molecule has 1 aromatic rings. The first kappa shape index (κ1) is 22.4. The van der Waals surface area contributed by atoms with E-state index in [2.05, 4.69) is 23.5 Å². The molecule has 0 spiro atoms. The van der Waals surface area contributed by atoms with Gasteiger partial charge in [0.25, 0.3) is 0 Å². The van der Waals surface area contributed by atoms with E-state index in [9.17, 15) is 14.4 Å². The summed E-state index contributed by atoms with van der Waals surface area (Å²) in [6.45, 7) is 12.7. The summed E-state index contributed by atoms with van der Waals surface area (Å²) >= 11 is 1.14. The van der Waals surface area contributed by atoms with Crippen molar-refractivity contribution in [1.29, 1.82) is 0 Å². The summed E-state index contributed by atoms with van der Waals surface area (Å²) in [5.74, 6) is 0. The van der Waals surface area contributed by atoms with Crippen molar-refractivity contribution in [2.24, 2.45) is 0 Å². The van der Waals surface area contributed by atoms with E-state index in [4.69, 9.17) is 9.47 Å². The lowest BCUT2D eigenvalue weighted by Gasteiger charge is -2.27. The van der Waals surface area contributed by atoms with E-state index in [-0.39, 0.29) is 24.7 Å². The van der Waals surface area contributed by atoms with Crippen LogP contribution in [0.3, 0.4) is 0 Å². The van der Waals surface area contributed by atoms with E-state index in [0.717, 1.165) is 11.3 Å².